The first-order valence-corrected chi connectivity index (χ1v) is 23.5. The highest BCUT2D eigenvalue weighted by Gasteiger charge is 2.82. The third-order valence-electron chi connectivity index (χ3n) is 16.5. The van der Waals surface area contributed by atoms with Crippen LogP contribution in [-0.2, 0) is 9.53 Å². The van der Waals surface area contributed by atoms with Gasteiger partial charge in [0.15, 0.2) is 11.5 Å². The number of benzene rings is 1. The fourth-order valence-electron chi connectivity index (χ4n) is 13.1. The van der Waals surface area contributed by atoms with Gasteiger partial charge in [-0.3, -0.25) is 0 Å². The minimum Gasteiger partial charge on any atom is -0.504 e. The first-order chi connectivity index (χ1) is 26.7. The Labute approximate surface area is 351 Å². The Morgan fingerprint density at radius 1 is 0.825 bits per heavy atom. The molecule has 5 fully saturated rings. The molecule has 0 bridgehead atoms. The van der Waals surface area contributed by atoms with Gasteiger partial charge in [-0.15, -0.1) is 0 Å². The van der Waals surface area contributed by atoms with Gasteiger partial charge in [-0.1, -0.05) is 120 Å². The zero-order chi connectivity index (χ0) is 43.1. The van der Waals surface area contributed by atoms with Gasteiger partial charge >= 0.3 is 5.97 Å². The molecule has 0 radical (unpaired) electrons. The molecule has 5 saturated carbocycles. The fraction of sp³-hybridized carbons (Fsp3) is 0.755. The predicted octanol–water partition coefficient (Wildman–Crippen LogP) is 15.5. The summed E-state index contributed by atoms with van der Waals surface area (Å²) in [5.74, 6) is 3.75. The third-order valence-corrected chi connectivity index (χ3v) is 16.5. The zero-order valence-electron chi connectivity index (χ0n) is 39.6. The molecule has 57 heavy (non-hydrogen) atoms. The van der Waals surface area contributed by atoms with Gasteiger partial charge in [-0.05, 0) is 178 Å². The van der Waals surface area contributed by atoms with Crippen molar-refractivity contribution in [2.75, 3.05) is 0 Å². The van der Waals surface area contributed by atoms with Crippen LogP contribution in [0.2, 0.25) is 0 Å². The number of hydrogen-bond donors (Lipinski definition) is 2. The Kier molecular flexibility index (Phi) is 16.9. The topological polar surface area (TPSA) is 66.8 Å². The highest BCUT2D eigenvalue weighted by atomic mass is 16.5. The summed E-state index contributed by atoms with van der Waals surface area (Å²) in [7, 11) is 0. The van der Waals surface area contributed by atoms with E-state index in [2.05, 4.69) is 88.8 Å². The molecule has 5 aliphatic rings. The molecule has 1 aromatic rings. The lowest BCUT2D eigenvalue weighted by molar-refractivity contribution is -0.179. The molecule has 0 heterocycles. The molecule has 2 N–H and O–H groups in total. The summed E-state index contributed by atoms with van der Waals surface area (Å²) in [6.07, 6.45) is 22.1. The van der Waals surface area contributed by atoms with Gasteiger partial charge in [0.1, 0.15) is 6.10 Å². The Morgan fingerprint density at radius 2 is 1.46 bits per heavy atom. The summed E-state index contributed by atoms with van der Waals surface area (Å²) < 4.78 is 6.18. The number of esters is 1. The second kappa shape index (κ2) is 19.7. The van der Waals surface area contributed by atoms with Gasteiger partial charge in [0, 0.05) is 11.5 Å². The number of ether oxygens (including phenoxy) is 1. The molecular weight excluding hydrogens is 701 g/mol. The van der Waals surface area contributed by atoms with Crippen molar-refractivity contribution in [1.29, 1.82) is 0 Å². The molecular formula is C53H88O4. The highest BCUT2D eigenvalue weighted by molar-refractivity contribution is 5.87. The first kappa shape index (κ1) is 48.9. The van der Waals surface area contributed by atoms with E-state index in [0.717, 1.165) is 30.1 Å². The van der Waals surface area contributed by atoms with E-state index in [1.54, 1.807) is 12.1 Å². The molecule has 2 spiro atoms. The molecule has 8 unspecified atom stereocenters. The fourth-order valence-corrected chi connectivity index (χ4v) is 13.1. The molecule has 4 nitrogen and oxygen atoms in total. The Bertz CT molecular complexity index is 1540. The van der Waals surface area contributed by atoms with Crippen LogP contribution in [0.25, 0.3) is 6.08 Å². The van der Waals surface area contributed by atoms with Crippen LogP contribution in [0.4, 0.5) is 0 Å². The van der Waals surface area contributed by atoms with Crippen LogP contribution in [0.1, 0.15) is 193 Å². The van der Waals surface area contributed by atoms with Gasteiger partial charge < -0.3 is 14.9 Å². The van der Waals surface area contributed by atoms with Crippen molar-refractivity contribution in [3.8, 4) is 11.5 Å². The van der Waals surface area contributed by atoms with Gasteiger partial charge in [-0.2, -0.15) is 0 Å². The van der Waals surface area contributed by atoms with Gasteiger partial charge in [-0.25, -0.2) is 4.79 Å². The molecule has 1 aromatic carbocycles. The van der Waals surface area contributed by atoms with E-state index in [4.69, 9.17) is 4.74 Å². The van der Waals surface area contributed by atoms with E-state index in [9.17, 15) is 15.0 Å². The number of aromatic hydroxyl groups is 2. The van der Waals surface area contributed by atoms with Crippen LogP contribution in [0.5, 0.6) is 11.5 Å². The number of allylic oxidation sites excluding steroid dienone is 3. The Morgan fingerprint density at radius 3 is 2.05 bits per heavy atom. The monoisotopic (exact) mass is 789 g/mol. The van der Waals surface area contributed by atoms with Crippen LogP contribution < -0.4 is 0 Å². The molecule has 4 heteroatoms. The Hall–Kier alpha value is -2.49. The minimum atomic E-state index is -0.324. The maximum atomic E-state index is 13.0. The number of fused-ring (bicyclic) bond motifs is 2. The second-order valence-corrected chi connectivity index (χ2v) is 20.6. The second-order valence-electron chi connectivity index (χ2n) is 20.6. The molecule has 9 atom stereocenters. The molecule has 0 aliphatic heterocycles. The van der Waals surface area contributed by atoms with E-state index in [0.29, 0.717) is 39.1 Å². The summed E-state index contributed by atoms with van der Waals surface area (Å²) in [5.41, 5.74) is 5.22. The highest BCUT2D eigenvalue weighted by Crippen LogP contribution is 2.89. The Balaban J connectivity index is 0.000000586. The lowest BCUT2D eigenvalue weighted by Gasteiger charge is -2.63. The van der Waals surface area contributed by atoms with Crippen LogP contribution in [-0.4, -0.2) is 22.3 Å². The number of phenols is 2. The summed E-state index contributed by atoms with van der Waals surface area (Å²) in [6, 6.07) is 4.55. The minimum absolute atomic E-state index is 0.0553. The zero-order valence-corrected chi connectivity index (χ0v) is 39.6. The van der Waals surface area contributed by atoms with E-state index < -0.39 is 0 Å². The van der Waals surface area contributed by atoms with Gasteiger partial charge in [0.05, 0.1) is 0 Å². The molecule has 0 aromatic heterocycles. The van der Waals surface area contributed by atoms with Crippen LogP contribution in [0, 0.1) is 62.6 Å². The molecule has 0 amide bonds. The standard InChI is InChI=1S/C40H58O4.C9H18.2C2H6/c1-25(2)26(3)9-10-27(4)29-17-19-38(8)33-15-14-32-36(5,6)34(18-20-39(32)24-40(33,39)22-21-37(29,38)7)44-35(43)16-12-28-11-13-30(41)31(42)23-28;1-8(2)6-5-7-9(3)4;2*1-2/h11-13,16,23,25,27,29,32-34,41-42H,3,9-10,14-15,17-22,24H2,1-2,4-8H3;6,9H,5,7H2,1-4H3;2*1-2H3/b16-12+;;;/t27?,29?,32?,33?,34?,37?,38-,39?,40?;;;/m0.../s1. The van der Waals surface area contributed by atoms with Crippen molar-refractivity contribution in [1.82, 2.24) is 0 Å². The maximum Gasteiger partial charge on any atom is 0.331 e. The van der Waals surface area contributed by atoms with E-state index >= 15 is 0 Å². The van der Waals surface area contributed by atoms with Crippen molar-refractivity contribution >= 4 is 12.0 Å². The lowest BCUT2D eigenvalue weighted by atomic mass is 9.41. The van der Waals surface area contributed by atoms with Crippen LogP contribution in [0.15, 0.2) is 48.1 Å². The van der Waals surface area contributed by atoms with Crippen LogP contribution >= 0.6 is 0 Å². The van der Waals surface area contributed by atoms with Crippen molar-refractivity contribution in [3.05, 3.63) is 53.6 Å². The normalized spacial score (nSPS) is 33.4. The number of phenolic OH excluding ortho intramolecular Hbond substituents is 2. The molecule has 0 saturated heterocycles. The largest absolute Gasteiger partial charge is 0.504 e. The average molecular weight is 789 g/mol. The van der Waals surface area contributed by atoms with Gasteiger partial charge in [0.2, 0.25) is 0 Å². The quantitative estimate of drug-likeness (QED) is 0.101. The number of hydrogen-bond acceptors (Lipinski definition) is 4. The molecule has 6 rings (SSSR count). The van der Waals surface area contributed by atoms with Crippen molar-refractivity contribution < 1.29 is 19.7 Å². The summed E-state index contributed by atoms with van der Waals surface area (Å²) in [6.45, 7) is 38.5. The van der Waals surface area contributed by atoms with Crippen molar-refractivity contribution in [2.45, 2.75) is 193 Å². The summed E-state index contributed by atoms with van der Waals surface area (Å²) >= 11 is 0. The van der Waals surface area contributed by atoms with E-state index in [1.165, 1.54) is 106 Å². The first-order valence-electron chi connectivity index (χ1n) is 23.5. The smallest absolute Gasteiger partial charge is 0.331 e. The summed E-state index contributed by atoms with van der Waals surface area (Å²) in [4.78, 5) is 13.0. The van der Waals surface area contributed by atoms with Crippen molar-refractivity contribution in [3.63, 3.8) is 0 Å². The van der Waals surface area contributed by atoms with Crippen molar-refractivity contribution in [2.24, 2.45) is 62.6 Å². The average Bonchev–Trinajstić information content (AvgIpc) is 3.75. The third kappa shape index (κ3) is 9.78. The molecule has 324 valence electrons. The number of carbonyl (C=O) groups is 1. The number of rotatable bonds is 11. The van der Waals surface area contributed by atoms with E-state index in [1.807, 2.05) is 27.7 Å². The number of carbonyl (C=O) groups excluding carboxylic acids is 1. The van der Waals surface area contributed by atoms with Crippen LogP contribution in [0.3, 0.4) is 0 Å². The predicted molar refractivity (Wildman–Crippen MR) is 244 cm³/mol. The van der Waals surface area contributed by atoms with E-state index in [-0.39, 0.29) is 29.0 Å². The molecule has 5 aliphatic carbocycles. The maximum absolute atomic E-state index is 13.0. The SMILES string of the molecule is C=C(CCC(C)C1CC[C@@]2(C)C3CCC4C(C)(C)C(OC(=O)/C=C/c5ccc(O)c(O)c5)CCC45CC35CCC12C)C(C)C.CC.CC.CC(C)=CCCC(C)C. The van der Waals surface area contributed by atoms with Gasteiger partial charge in [0.25, 0.3) is 0 Å². The lowest BCUT2D eigenvalue weighted by Crippen LogP contribution is -2.58. The summed E-state index contributed by atoms with van der Waals surface area (Å²) in [5, 5.41) is 19.4.